The fraction of sp³-hybridized carbons (Fsp3) is 0.273. The Balaban J connectivity index is 1.52. The number of ether oxygens (including phenoxy) is 1. The van der Waals surface area contributed by atoms with Crippen LogP contribution < -0.4 is 10.1 Å². The summed E-state index contributed by atoms with van der Waals surface area (Å²) in [6.45, 7) is 2.62. The third-order valence-corrected chi connectivity index (χ3v) is 6.25. The number of benzene rings is 1. The van der Waals surface area contributed by atoms with Crippen molar-refractivity contribution in [2.45, 2.75) is 25.8 Å². The van der Waals surface area contributed by atoms with Crippen molar-refractivity contribution in [1.82, 2.24) is 4.90 Å². The number of rotatable bonds is 5. The summed E-state index contributed by atoms with van der Waals surface area (Å²) in [6.07, 6.45) is 3.36. The van der Waals surface area contributed by atoms with E-state index in [-0.39, 0.29) is 23.6 Å². The van der Waals surface area contributed by atoms with Gasteiger partial charge in [0.1, 0.15) is 5.75 Å². The molecule has 29 heavy (non-hydrogen) atoms. The Morgan fingerprint density at radius 3 is 2.72 bits per heavy atom. The number of likely N-dealkylation sites (tertiary alicyclic amines) is 1. The highest BCUT2D eigenvalue weighted by Gasteiger charge is 2.32. The minimum Gasteiger partial charge on any atom is -0.497 e. The van der Waals surface area contributed by atoms with Crippen LogP contribution in [0, 0.1) is 6.92 Å². The molecule has 0 bridgehead atoms. The number of hydrogen-bond donors (Lipinski definition) is 1. The molecule has 1 aromatic carbocycles. The summed E-state index contributed by atoms with van der Waals surface area (Å²) < 4.78 is 10.4. The quantitative estimate of drug-likeness (QED) is 0.650. The highest BCUT2D eigenvalue weighted by molar-refractivity contribution is 7.18. The Kier molecular flexibility index (Phi) is 5.40. The van der Waals surface area contributed by atoms with Gasteiger partial charge in [0.15, 0.2) is 5.76 Å². The molecule has 2 amide bonds. The Bertz CT molecular complexity index is 1010. The van der Waals surface area contributed by atoms with Crippen molar-refractivity contribution in [2.75, 3.05) is 19.0 Å². The summed E-state index contributed by atoms with van der Waals surface area (Å²) in [5, 5.41) is 3.44. The van der Waals surface area contributed by atoms with E-state index in [1.54, 1.807) is 19.2 Å². The highest BCUT2D eigenvalue weighted by Crippen LogP contribution is 2.36. The largest absolute Gasteiger partial charge is 0.497 e. The predicted molar refractivity (Wildman–Crippen MR) is 112 cm³/mol. The molecular weight excluding hydrogens is 388 g/mol. The molecule has 0 radical (unpaired) electrons. The van der Waals surface area contributed by atoms with Gasteiger partial charge in [-0.05, 0) is 61.2 Å². The van der Waals surface area contributed by atoms with E-state index in [2.05, 4.69) is 5.32 Å². The van der Waals surface area contributed by atoms with Crippen LogP contribution >= 0.6 is 11.3 Å². The van der Waals surface area contributed by atoms with E-state index in [4.69, 9.17) is 9.15 Å². The summed E-state index contributed by atoms with van der Waals surface area (Å²) >= 11 is 1.30. The van der Waals surface area contributed by atoms with Crippen molar-refractivity contribution in [1.29, 1.82) is 0 Å². The lowest BCUT2D eigenvalue weighted by molar-refractivity contribution is 0.0739. The van der Waals surface area contributed by atoms with E-state index in [9.17, 15) is 9.59 Å². The van der Waals surface area contributed by atoms with Crippen LogP contribution in [0.1, 0.15) is 50.2 Å². The van der Waals surface area contributed by atoms with Crippen LogP contribution in [0.2, 0.25) is 0 Å². The number of carbonyl (C=O) groups excluding carboxylic acids is 2. The molecule has 7 heteroatoms. The minimum atomic E-state index is -0.326. The molecule has 1 aliphatic heterocycles. The second-order valence-corrected chi connectivity index (χ2v) is 8.04. The van der Waals surface area contributed by atoms with Crippen LogP contribution in [-0.4, -0.2) is 30.4 Å². The van der Waals surface area contributed by atoms with Gasteiger partial charge < -0.3 is 19.4 Å². The second kappa shape index (κ2) is 8.13. The van der Waals surface area contributed by atoms with Gasteiger partial charge >= 0.3 is 0 Å². The van der Waals surface area contributed by atoms with Crippen molar-refractivity contribution in [2.24, 2.45) is 0 Å². The Morgan fingerprint density at radius 2 is 2.03 bits per heavy atom. The number of furan rings is 1. The smallest absolute Gasteiger partial charge is 0.291 e. The Labute approximate surface area is 173 Å². The zero-order chi connectivity index (χ0) is 20.4. The van der Waals surface area contributed by atoms with Gasteiger partial charge in [0.25, 0.3) is 11.8 Å². The van der Waals surface area contributed by atoms with Crippen LogP contribution in [0.4, 0.5) is 5.00 Å². The zero-order valence-electron chi connectivity index (χ0n) is 16.3. The normalized spacial score (nSPS) is 16.1. The summed E-state index contributed by atoms with van der Waals surface area (Å²) in [5.74, 6) is 0.718. The van der Waals surface area contributed by atoms with Crippen LogP contribution in [0.15, 0.2) is 53.1 Å². The van der Waals surface area contributed by atoms with E-state index in [0.29, 0.717) is 9.88 Å². The van der Waals surface area contributed by atoms with Crippen molar-refractivity contribution in [3.8, 4) is 5.75 Å². The molecular formula is C22H22N2O4S. The monoisotopic (exact) mass is 410 g/mol. The molecule has 0 aliphatic carbocycles. The third kappa shape index (κ3) is 3.91. The van der Waals surface area contributed by atoms with Gasteiger partial charge in [-0.1, -0.05) is 12.1 Å². The fourth-order valence-corrected chi connectivity index (χ4v) is 4.67. The molecule has 1 saturated heterocycles. The summed E-state index contributed by atoms with van der Waals surface area (Å²) in [4.78, 5) is 28.1. The van der Waals surface area contributed by atoms with E-state index < -0.39 is 0 Å². The van der Waals surface area contributed by atoms with Gasteiger partial charge in [-0.3, -0.25) is 9.59 Å². The van der Waals surface area contributed by atoms with Crippen molar-refractivity contribution in [3.05, 3.63) is 70.5 Å². The molecule has 4 rings (SSSR count). The number of anilines is 1. The number of methoxy groups -OCH3 is 1. The molecule has 0 spiro atoms. The maximum Gasteiger partial charge on any atom is 0.291 e. The molecule has 1 atom stereocenters. The molecule has 150 valence electrons. The van der Waals surface area contributed by atoms with E-state index >= 15 is 0 Å². The van der Waals surface area contributed by atoms with Crippen LogP contribution in [-0.2, 0) is 0 Å². The number of amides is 2. The zero-order valence-corrected chi connectivity index (χ0v) is 17.1. The van der Waals surface area contributed by atoms with Crippen molar-refractivity contribution < 1.29 is 18.7 Å². The first-order chi connectivity index (χ1) is 14.1. The van der Waals surface area contributed by atoms with Crippen LogP contribution in [0.25, 0.3) is 0 Å². The summed E-state index contributed by atoms with van der Waals surface area (Å²) in [7, 11) is 1.64. The number of carbonyl (C=O) groups is 2. The SMILES string of the molecule is COc1ccc(C2CCCN2C(=O)c2sc(NC(=O)c3ccco3)cc2C)cc1. The maximum absolute atomic E-state index is 13.3. The topological polar surface area (TPSA) is 71.8 Å². The highest BCUT2D eigenvalue weighted by atomic mass is 32.1. The molecule has 1 aliphatic rings. The third-order valence-electron chi connectivity index (χ3n) is 5.11. The van der Waals surface area contributed by atoms with Crippen molar-refractivity contribution >= 4 is 28.2 Å². The van der Waals surface area contributed by atoms with E-state index in [0.717, 1.165) is 36.3 Å². The number of nitrogens with one attached hydrogen (secondary N) is 1. The molecule has 3 aromatic rings. The lowest BCUT2D eigenvalue weighted by Gasteiger charge is -2.25. The van der Waals surface area contributed by atoms with E-state index in [1.165, 1.54) is 17.6 Å². The van der Waals surface area contributed by atoms with Gasteiger partial charge in [0.2, 0.25) is 0 Å². The number of nitrogens with zero attached hydrogens (tertiary/aromatic N) is 1. The number of thiophene rings is 1. The Morgan fingerprint density at radius 1 is 1.24 bits per heavy atom. The van der Waals surface area contributed by atoms with Gasteiger partial charge in [-0.2, -0.15) is 0 Å². The van der Waals surface area contributed by atoms with Crippen molar-refractivity contribution in [3.63, 3.8) is 0 Å². The van der Waals surface area contributed by atoms with Gasteiger partial charge in [-0.15, -0.1) is 11.3 Å². The maximum atomic E-state index is 13.3. The molecule has 6 nitrogen and oxygen atoms in total. The molecule has 1 fully saturated rings. The van der Waals surface area contributed by atoms with Gasteiger partial charge in [-0.25, -0.2) is 0 Å². The molecule has 0 saturated carbocycles. The van der Waals surface area contributed by atoms with Gasteiger partial charge in [0, 0.05) is 6.54 Å². The molecule has 1 N–H and O–H groups in total. The first-order valence-corrected chi connectivity index (χ1v) is 10.3. The van der Waals surface area contributed by atoms with Crippen LogP contribution in [0.3, 0.4) is 0 Å². The summed E-state index contributed by atoms with van der Waals surface area (Å²) in [5.41, 5.74) is 1.97. The average molecular weight is 410 g/mol. The van der Waals surface area contributed by atoms with Gasteiger partial charge in [0.05, 0.1) is 29.3 Å². The number of aryl methyl sites for hydroxylation is 1. The Hall–Kier alpha value is -3.06. The average Bonchev–Trinajstić information content (AvgIpc) is 3.48. The van der Waals surface area contributed by atoms with Crippen LogP contribution in [0.5, 0.6) is 5.75 Å². The lowest BCUT2D eigenvalue weighted by Crippen LogP contribution is -2.30. The summed E-state index contributed by atoms with van der Waals surface area (Å²) in [6, 6.07) is 13.0. The second-order valence-electron chi connectivity index (χ2n) is 6.98. The standard InChI is InChI=1S/C22H22N2O4S/c1-14-13-19(23-21(25)18-6-4-12-28-18)29-20(14)22(26)24-11-3-5-17(24)15-7-9-16(27-2)10-8-15/h4,6-10,12-13,17H,3,5,11H2,1-2H3,(H,23,25). The fourth-order valence-electron chi connectivity index (χ4n) is 3.65. The first kappa shape index (κ1) is 19.3. The molecule has 1 unspecified atom stereocenters. The predicted octanol–water partition coefficient (Wildman–Crippen LogP) is 4.89. The molecule has 3 heterocycles. The minimum absolute atomic E-state index is 0.00400. The number of hydrogen-bond acceptors (Lipinski definition) is 5. The first-order valence-electron chi connectivity index (χ1n) is 9.47. The lowest BCUT2D eigenvalue weighted by atomic mass is 10.0. The molecule has 2 aromatic heterocycles. The van der Waals surface area contributed by atoms with E-state index in [1.807, 2.05) is 42.2 Å².